The van der Waals surface area contributed by atoms with Crippen LogP contribution in [-0.2, 0) is 20.7 Å². The summed E-state index contributed by atoms with van der Waals surface area (Å²) in [5, 5.41) is 2.01. The van der Waals surface area contributed by atoms with Gasteiger partial charge in [-0.15, -0.1) is 11.3 Å². The molecule has 0 aliphatic carbocycles. The topological polar surface area (TPSA) is 35.5 Å². The summed E-state index contributed by atoms with van der Waals surface area (Å²) >= 11 is 1.66. The van der Waals surface area contributed by atoms with Gasteiger partial charge in [0, 0.05) is 12.0 Å². The van der Waals surface area contributed by atoms with Gasteiger partial charge in [0.25, 0.3) is 0 Å². The van der Waals surface area contributed by atoms with Crippen molar-refractivity contribution in [1.82, 2.24) is 0 Å². The molecular formula is C10H14O3S. The molecule has 0 spiro atoms. The molecule has 0 fully saturated rings. The second-order valence-corrected chi connectivity index (χ2v) is 3.82. The molecule has 0 radical (unpaired) electrons. The molecule has 4 heteroatoms. The number of hydrogen-bond acceptors (Lipinski definition) is 4. The molecule has 78 valence electrons. The van der Waals surface area contributed by atoms with E-state index in [2.05, 4.69) is 0 Å². The van der Waals surface area contributed by atoms with Gasteiger partial charge >= 0.3 is 5.97 Å². The normalized spacial score (nSPS) is 10.1. The molecular weight excluding hydrogens is 200 g/mol. The van der Waals surface area contributed by atoms with Crippen LogP contribution in [0.3, 0.4) is 0 Å². The van der Waals surface area contributed by atoms with Gasteiger partial charge in [-0.3, -0.25) is 4.79 Å². The maximum Gasteiger partial charge on any atom is 0.306 e. The number of aryl methyl sites for hydroxylation is 1. The Morgan fingerprint density at radius 2 is 2.36 bits per heavy atom. The highest BCUT2D eigenvalue weighted by atomic mass is 32.1. The fraction of sp³-hybridized carbons (Fsp3) is 0.500. The molecule has 1 rings (SSSR count). The van der Waals surface area contributed by atoms with Crippen molar-refractivity contribution in [2.75, 3.05) is 20.3 Å². The first-order valence-electron chi connectivity index (χ1n) is 4.50. The molecule has 0 aromatic carbocycles. The highest BCUT2D eigenvalue weighted by Crippen LogP contribution is 2.10. The van der Waals surface area contributed by atoms with Crippen LogP contribution in [0.2, 0.25) is 0 Å². The summed E-state index contributed by atoms with van der Waals surface area (Å²) in [6.45, 7) is 0.810. The first-order chi connectivity index (χ1) is 6.83. The molecule has 1 aromatic heterocycles. The van der Waals surface area contributed by atoms with Crippen LogP contribution in [0.25, 0.3) is 0 Å². The van der Waals surface area contributed by atoms with Crippen LogP contribution < -0.4 is 0 Å². The van der Waals surface area contributed by atoms with Crippen molar-refractivity contribution in [2.45, 2.75) is 12.8 Å². The molecule has 0 N–H and O–H groups in total. The first kappa shape index (κ1) is 11.2. The van der Waals surface area contributed by atoms with Crippen molar-refractivity contribution in [3.63, 3.8) is 0 Å². The van der Waals surface area contributed by atoms with Crippen molar-refractivity contribution in [3.05, 3.63) is 22.4 Å². The van der Waals surface area contributed by atoms with E-state index >= 15 is 0 Å². The summed E-state index contributed by atoms with van der Waals surface area (Å²) in [4.78, 5) is 12.4. The minimum atomic E-state index is -0.157. The third-order valence-electron chi connectivity index (χ3n) is 1.71. The van der Waals surface area contributed by atoms with E-state index in [1.165, 1.54) is 4.88 Å². The Bertz CT molecular complexity index is 256. The molecule has 1 heterocycles. The summed E-state index contributed by atoms with van der Waals surface area (Å²) < 4.78 is 9.69. The second kappa shape index (κ2) is 6.56. The van der Waals surface area contributed by atoms with Crippen LogP contribution in [0.15, 0.2) is 17.5 Å². The van der Waals surface area contributed by atoms with Crippen LogP contribution in [0.1, 0.15) is 11.3 Å². The predicted octanol–water partition coefficient (Wildman–Crippen LogP) is 1.87. The van der Waals surface area contributed by atoms with Gasteiger partial charge in [-0.2, -0.15) is 0 Å². The van der Waals surface area contributed by atoms with Crippen molar-refractivity contribution in [2.24, 2.45) is 0 Å². The maximum absolute atomic E-state index is 11.1. The maximum atomic E-state index is 11.1. The zero-order valence-electron chi connectivity index (χ0n) is 8.19. The molecule has 3 nitrogen and oxygen atoms in total. The molecule has 14 heavy (non-hydrogen) atoms. The third kappa shape index (κ3) is 4.39. The Hall–Kier alpha value is -0.870. The summed E-state index contributed by atoms with van der Waals surface area (Å²) in [6.07, 6.45) is 1.22. The first-order valence-corrected chi connectivity index (χ1v) is 5.38. The van der Waals surface area contributed by atoms with Crippen molar-refractivity contribution >= 4 is 17.3 Å². The number of methoxy groups -OCH3 is 1. The average Bonchev–Trinajstić information content (AvgIpc) is 2.68. The Kier molecular flexibility index (Phi) is 5.25. The van der Waals surface area contributed by atoms with Gasteiger partial charge in [0.2, 0.25) is 0 Å². The van der Waals surface area contributed by atoms with Gasteiger partial charge in [-0.1, -0.05) is 6.07 Å². The zero-order chi connectivity index (χ0) is 10.2. The SMILES string of the molecule is COCCOC(=O)CCc1cccs1. The molecule has 0 unspecified atom stereocenters. The monoisotopic (exact) mass is 214 g/mol. The van der Waals surface area contributed by atoms with Gasteiger partial charge in [-0.05, 0) is 17.9 Å². The lowest BCUT2D eigenvalue weighted by Gasteiger charge is -2.02. The van der Waals surface area contributed by atoms with Gasteiger partial charge in [-0.25, -0.2) is 0 Å². The number of carbonyl (C=O) groups is 1. The number of rotatable bonds is 6. The zero-order valence-corrected chi connectivity index (χ0v) is 9.01. The lowest BCUT2D eigenvalue weighted by atomic mass is 10.3. The number of ether oxygens (including phenoxy) is 2. The van der Waals surface area contributed by atoms with E-state index in [0.717, 1.165) is 6.42 Å². The Balaban J connectivity index is 2.09. The van der Waals surface area contributed by atoms with Crippen LogP contribution in [0, 0.1) is 0 Å². The molecule has 0 saturated carbocycles. The Morgan fingerprint density at radius 1 is 1.50 bits per heavy atom. The third-order valence-corrected chi connectivity index (χ3v) is 2.64. The minimum Gasteiger partial charge on any atom is -0.463 e. The number of esters is 1. The molecule has 0 aliphatic rings. The van der Waals surface area contributed by atoms with E-state index in [-0.39, 0.29) is 5.97 Å². The number of hydrogen-bond donors (Lipinski definition) is 0. The van der Waals surface area contributed by atoms with Gasteiger partial charge < -0.3 is 9.47 Å². The molecule has 0 bridgehead atoms. The van der Waals surface area contributed by atoms with Crippen LogP contribution in [-0.4, -0.2) is 26.3 Å². The molecule has 0 saturated heterocycles. The molecule has 0 aliphatic heterocycles. The highest BCUT2D eigenvalue weighted by molar-refractivity contribution is 7.09. The van der Waals surface area contributed by atoms with Crippen LogP contribution >= 0.6 is 11.3 Å². The van der Waals surface area contributed by atoms with Gasteiger partial charge in [0.05, 0.1) is 13.0 Å². The van der Waals surface area contributed by atoms with E-state index in [1.807, 2.05) is 17.5 Å². The van der Waals surface area contributed by atoms with E-state index in [1.54, 1.807) is 18.4 Å². The highest BCUT2D eigenvalue weighted by Gasteiger charge is 2.03. The van der Waals surface area contributed by atoms with Crippen molar-refractivity contribution in [3.8, 4) is 0 Å². The van der Waals surface area contributed by atoms with Gasteiger partial charge in [0.1, 0.15) is 6.61 Å². The number of carbonyl (C=O) groups excluding carboxylic acids is 1. The summed E-state index contributed by atoms with van der Waals surface area (Å²) in [5.74, 6) is -0.157. The Morgan fingerprint density at radius 3 is 3.00 bits per heavy atom. The van der Waals surface area contributed by atoms with Gasteiger partial charge in [0.15, 0.2) is 0 Å². The van der Waals surface area contributed by atoms with E-state index in [9.17, 15) is 4.79 Å². The molecule has 0 atom stereocenters. The largest absolute Gasteiger partial charge is 0.463 e. The van der Waals surface area contributed by atoms with Crippen molar-refractivity contribution < 1.29 is 14.3 Å². The fourth-order valence-corrected chi connectivity index (χ4v) is 1.70. The van der Waals surface area contributed by atoms with E-state index in [0.29, 0.717) is 19.6 Å². The van der Waals surface area contributed by atoms with E-state index in [4.69, 9.17) is 9.47 Å². The van der Waals surface area contributed by atoms with E-state index < -0.39 is 0 Å². The molecule has 0 amide bonds. The predicted molar refractivity (Wildman–Crippen MR) is 55.5 cm³/mol. The Labute approximate surface area is 87.7 Å². The fourth-order valence-electron chi connectivity index (χ4n) is 0.991. The summed E-state index contributed by atoms with van der Waals surface area (Å²) in [7, 11) is 1.58. The lowest BCUT2D eigenvalue weighted by Crippen LogP contribution is -2.09. The quantitative estimate of drug-likeness (QED) is 0.535. The summed E-state index contributed by atoms with van der Waals surface area (Å²) in [5.41, 5.74) is 0. The van der Waals surface area contributed by atoms with Crippen molar-refractivity contribution in [1.29, 1.82) is 0 Å². The second-order valence-electron chi connectivity index (χ2n) is 2.79. The number of thiophene rings is 1. The van der Waals surface area contributed by atoms with Crippen LogP contribution in [0.4, 0.5) is 0 Å². The summed E-state index contributed by atoms with van der Waals surface area (Å²) in [6, 6.07) is 4.00. The lowest BCUT2D eigenvalue weighted by molar-refractivity contribution is -0.144. The smallest absolute Gasteiger partial charge is 0.306 e. The average molecular weight is 214 g/mol. The standard InChI is InChI=1S/C10H14O3S/c1-12-6-7-13-10(11)5-4-9-3-2-8-14-9/h2-3,8H,4-7H2,1H3. The molecule has 1 aromatic rings. The minimum absolute atomic E-state index is 0.157. The van der Waals surface area contributed by atoms with Crippen LogP contribution in [0.5, 0.6) is 0 Å².